The second-order valence-corrected chi connectivity index (χ2v) is 10.8. The normalized spacial score (nSPS) is 26.2. The Morgan fingerprint density at radius 2 is 1.71 bits per heavy atom. The van der Waals surface area contributed by atoms with Gasteiger partial charge in [0.25, 0.3) is 0 Å². The quantitative estimate of drug-likeness (QED) is 0.768. The highest BCUT2D eigenvalue weighted by Gasteiger charge is 2.48. The molecule has 154 valence electrons. The molecule has 0 N–H and O–H groups in total. The van der Waals surface area contributed by atoms with Gasteiger partial charge in [-0.2, -0.15) is 0 Å². The van der Waals surface area contributed by atoms with Crippen LogP contribution in [0.3, 0.4) is 0 Å². The third kappa shape index (κ3) is 3.98. The van der Waals surface area contributed by atoms with E-state index < -0.39 is 10.0 Å². The van der Waals surface area contributed by atoms with Gasteiger partial charge in [-0.3, -0.25) is 9.69 Å². The Kier molecular flexibility index (Phi) is 5.51. The zero-order valence-electron chi connectivity index (χ0n) is 16.7. The third-order valence-electron chi connectivity index (χ3n) is 6.81. The van der Waals surface area contributed by atoms with E-state index in [0.29, 0.717) is 13.1 Å². The van der Waals surface area contributed by atoms with Gasteiger partial charge in [0.2, 0.25) is 15.9 Å². The van der Waals surface area contributed by atoms with Crippen LogP contribution in [0, 0.1) is 5.41 Å². The minimum absolute atomic E-state index is 0.0365. The first-order valence-electron chi connectivity index (χ1n) is 10.4. The number of hydrogen-bond acceptors (Lipinski definition) is 4. The van der Waals surface area contributed by atoms with E-state index in [9.17, 15) is 13.2 Å². The average molecular weight is 406 g/mol. The van der Waals surface area contributed by atoms with Gasteiger partial charge in [0, 0.05) is 32.7 Å². The number of benzene rings is 1. The summed E-state index contributed by atoms with van der Waals surface area (Å²) in [5, 5.41) is 0. The van der Waals surface area contributed by atoms with Gasteiger partial charge in [0.1, 0.15) is 0 Å². The number of nitrogens with zero attached hydrogens (tertiary/aromatic N) is 3. The molecule has 6 nitrogen and oxygen atoms in total. The summed E-state index contributed by atoms with van der Waals surface area (Å²) in [5.41, 5.74) is 0.910. The number of likely N-dealkylation sites (tertiary alicyclic amines) is 2. The van der Waals surface area contributed by atoms with Crippen molar-refractivity contribution in [2.45, 2.75) is 43.9 Å². The predicted octanol–water partition coefficient (Wildman–Crippen LogP) is 1.93. The number of piperidine rings is 1. The lowest BCUT2D eigenvalue weighted by atomic mass is 9.77. The maximum absolute atomic E-state index is 12.9. The van der Waals surface area contributed by atoms with Gasteiger partial charge in [-0.15, -0.1) is 0 Å². The molecule has 4 rings (SSSR count). The highest BCUT2D eigenvalue weighted by Crippen LogP contribution is 2.44. The van der Waals surface area contributed by atoms with E-state index in [2.05, 4.69) is 4.90 Å². The highest BCUT2D eigenvalue weighted by atomic mass is 32.2. The summed E-state index contributed by atoms with van der Waals surface area (Å²) in [6, 6.07) is 9.35. The topological polar surface area (TPSA) is 60.9 Å². The Balaban J connectivity index is 1.37. The monoisotopic (exact) mass is 405 g/mol. The summed E-state index contributed by atoms with van der Waals surface area (Å²) in [6.45, 7) is 3.80. The van der Waals surface area contributed by atoms with Crippen molar-refractivity contribution in [3.8, 4) is 0 Å². The SMILES string of the molecule is CN1CC2(CCN(S(=O)(=O)Cc3ccccc3)CC2)CC1C(=O)N1CCCC1. The molecule has 1 amide bonds. The Morgan fingerprint density at radius 1 is 1.07 bits per heavy atom. The fourth-order valence-electron chi connectivity index (χ4n) is 5.17. The Bertz CT molecular complexity index is 797. The first-order valence-corrected chi connectivity index (χ1v) is 12.0. The molecule has 1 atom stereocenters. The second-order valence-electron chi connectivity index (χ2n) is 8.81. The first-order chi connectivity index (χ1) is 13.4. The van der Waals surface area contributed by atoms with Gasteiger partial charge in [0.05, 0.1) is 11.8 Å². The van der Waals surface area contributed by atoms with Crippen molar-refractivity contribution in [3.05, 3.63) is 35.9 Å². The van der Waals surface area contributed by atoms with Crippen molar-refractivity contribution >= 4 is 15.9 Å². The van der Waals surface area contributed by atoms with Gasteiger partial charge >= 0.3 is 0 Å². The van der Waals surface area contributed by atoms with E-state index in [4.69, 9.17) is 0 Å². The molecule has 1 spiro atoms. The Hall–Kier alpha value is -1.44. The van der Waals surface area contributed by atoms with Gasteiger partial charge < -0.3 is 4.90 Å². The number of sulfonamides is 1. The summed E-state index contributed by atoms with van der Waals surface area (Å²) in [5.74, 6) is 0.340. The number of likely N-dealkylation sites (N-methyl/N-ethyl adjacent to an activating group) is 1. The van der Waals surface area contributed by atoms with Crippen molar-refractivity contribution in [1.82, 2.24) is 14.1 Å². The molecule has 3 aliphatic rings. The summed E-state index contributed by atoms with van der Waals surface area (Å²) in [7, 11) is -1.25. The van der Waals surface area contributed by atoms with E-state index >= 15 is 0 Å². The van der Waals surface area contributed by atoms with Crippen LogP contribution in [-0.2, 0) is 20.6 Å². The maximum Gasteiger partial charge on any atom is 0.239 e. The van der Waals surface area contributed by atoms with E-state index in [1.807, 2.05) is 42.3 Å². The number of carbonyl (C=O) groups excluding carboxylic acids is 1. The summed E-state index contributed by atoms with van der Waals surface area (Å²) in [4.78, 5) is 17.1. The molecule has 1 aromatic rings. The predicted molar refractivity (Wildman–Crippen MR) is 109 cm³/mol. The summed E-state index contributed by atoms with van der Waals surface area (Å²) < 4.78 is 27.3. The number of rotatable bonds is 4. The molecule has 0 aromatic heterocycles. The largest absolute Gasteiger partial charge is 0.341 e. The van der Waals surface area contributed by atoms with Crippen LogP contribution in [0.15, 0.2) is 30.3 Å². The second kappa shape index (κ2) is 7.76. The van der Waals surface area contributed by atoms with E-state index in [0.717, 1.165) is 57.3 Å². The van der Waals surface area contributed by atoms with Gasteiger partial charge in [-0.25, -0.2) is 12.7 Å². The average Bonchev–Trinajstić information content (AvgIpc) is 3.31. The van der Waals surface area contributed by atoms with Crippen LogP contribution < -0.4 is 0 Å². The van der Waals surface area contributed by atoms with Gasteiger partial charge in [-0.1, -0.05) is 30.3 Å². The summed E-state index contributed by atoms with van der Waals surface area (Å²) in [6.07, 6.45) is 4.78. The van der Waals surface area contributed by atoms with Crippen LogP contribution in [-0.4, -0.2) is 74.2 Å². The van der Waals surface area contributed by atoms with Crippen molar-refractivity contribution in [2.24, 2.45) is 5.41 Å². The van der Waals surface area contributed by atoms with Crippen LogP contribution in [0.5, 0.6) is 0 Å². The minimum Gasteiger partial charge on any atom is -0.341 e. The molecule has 0 aliphatic carbocycles. The van der Waals surface area contributed by atoms with Crippen LogP contribution >= 0.6 is 0 Å². The van der Waals surface area contributed by atoms with E-state index in [1.54, 1.807) is 4.31 Å². The zero-order valence-corrected chi connectivity index (χ0v) is 17.5. The Labute approximate surface area is 168 Å². The van der Waals surface area contributed by atoms with Gasteiger partial charge in [-0.05, 0) is 50.1 Å². The molecule has 0 saturated carbocycles. The molecular formula is C21H31N3O3S. The molecule has 3 saturated heterocycles. The zero-order chi connectivity index (χ0) is 19.8. The van der Waals surface area contributed by atoms with Crippen molar-refractivity contribution in [1.29, 1.82) is 0 Å². The number of hydrogen-bond donors (Lipinski definition) is 0. The standard InChI is InChI=1S/C21H31N3O3S/c1-22-17-21(15-19(22)20(25)23-11-5-6-12-23)9-13-24(14-10-21)28(26,27)16-18-7-3-2-4-8-18/h2-4,7-8,19H,5-6,9-17H2,1H3. The number of amides is 1. The van der Waals surface area contributed by atoms with Crippen LogP contribution in [0.2, 0.25) is 0 Å². The molecule has 0 radical (unpaired) electrons. The number of carbonyl (C=O) groups is 1. The van der Waals surface area contributed by atoms with Crippen molar-refractivity contribution in [2.75, 3.05) is 39.8 Å². The summed E-state index contributed by atoms with van der Waals surface area (Å²) >= 11 is 0. The third-order valence-corrected chi connectivity index (χ3v) is 8.66. The fourth-order valence-corrected chi connectivity index (χ4v) is 6.71. The first kappa shape index (κ1) is 19.9. The van der Waals surface area contributed by atoms with Crippen LogP contribution in [0.1, 0.15) is 37.7 Å². The molecule has 3 aliphatic heterocycles. The highest BCUT2D eigenvalue weighted by molar-refractivity contribution is 7.88. The molecule has 3 heterocycles. The lowest BCUT2D eigenvalue weighted by Gasteiger charge is -2.38. The molecular weight excluding hydrogens is 374 g/mol. The van der Waals surface area contributed by atoms with Crippen molar-refractivity contribution in [3.63, 3.8) is 0 Å². The van der Waals surface area contributed by atoms with Gasteiger partial charge in [0.15, 0.2) is 0 Å². The lowest BCUT2D eigenvalue weighted by molar-refractivity contribution is -0.134. The minimum atomic E-state index is -3.29. The van der Waals surface area contributed by atoms with Crippen LogP contribution in [0.25, 0.3) is 0 Å². The smallest absolute Gasteiger partial charge is 0.239 e. The van der Waals surface area contributed by atoms with Crippen molar-refractivity contribution < 1.29 is 13.2 Å². The van der Waals surface area contributed by atoms with E-state index in [-0.39, 0.29) is 23.1 Å². The fraction of sp³-hybridized carbons (Fsp3) is 0.667. The molecule has 3 fully saturated rings. The lowest BCUT2D eigenvalue weighted by Crippen LogP contribution is -2.44. The molecule has 1 unspecified atom stereocenters. The molecule has 28 heavy (non-hydrogen) atoms. The molecule has 7 heteroatoms. The van der Waals surface area contributed by atoms with Crippen LogP contribution in [0.4, 0.5) is 0 Å². The molecule has 1 aromatic carbocycles. The Morgan fingerprint density at radius 3 is 2.36 bits per heavy atom. The maximum atomic E-state index is 12.9. The molecule has 0 bridgehead atoms. The van der Waals surface area contributed by atoms with E-state index in [1.165, 1.54) is 0 Å².